The van der Waals surface area contributed by atoms with Gasteiger partial charge in [0.05, 0.1) is 44.4 Å². The van der Waals surface area contributed by atoms with Crippen molar-refractivity contribution in [1.82, 2.24) is 10.3 Å². The quantitative estimate of drug-likeness (QED) is 0.0941. The molecule has 0 bridgehead atoms. The molecule has 0 unspecified atom stereocenters. The highest BCUT2D eigenvalue weighted by molar-refractivity contribution is 8.00. The van der Waals surface area contributed by atoms with E-state index in [-0.39, 0.29) is 17.4 Å². The van der Waals surface area contributed by atoms with Gasteiger partial charge in [0.2, 0.25) is 11.7 Å². The highest BCUT2D eigenvalue weighted by Crippen LogP contribution is 2.38. The fourth-order valence-corrected chi connectivity index (χ4v) is 6.13. The summed E-state index contributed by atoms with van der Waals surface area (Å²) >= 11 is 2.72. The monoisotopic (exact) mass is 684 g/mol. The minimum absolute atomic E-state index is 0.0125. The highest BCUT2D eigenvalue weighted by atomic mass is 32.2. The van der Waals surface area contributed by atoms with Crippen LogP contribution in [-0.4, -0.2) is 56.9 Å². The van der Waals surface area contributed by atoms with Gasteiger partial charge in [-0.15, -0.1) is 11.8 Å². The summed E-state index contributed by atoms with van der Waals surface area (Å²) in [4.78, 5) is 44.5. The van der Waals surface area contributed by atoms with E-state index < -0.39 is 11.8 Å². The number of anilines is 2. The molecule has 0 atom stereocenters. The molecule has 0 aliphatic carbocycles. The Labute approximate surface area is 285 Å². The van der Waals surface area contributed by atoms with Crippen LogP contribution in [0.5, 0.6) is 23.0 Å². The van der Waals surface area contributed by atoms with Crippen LogP contribution in [0.4, 0.5) is 10.8 Å². The number of thiazole rings is 1. The van der Waals surface area contributed by atoms with E-state index in [9.17, 15) is 14.4 Å². The molecule has 48 heavy (non-hydrogen) atoms. The molecule has 3 amide bonds. The predicted molar refractivity (Wildman–Crippen MR) is 189 cm³/mol. The molecule has 0 spiro atoms. The third-order valence-electron chi connectivity index (χ3n) is 6.85. The summed E-state index contributed by atoms with van der Waals surface area (Å²) in [5.41, 5.74) is 2.17. The number of fused-ring (bicyclic) bond motifs is 1. The molecule has 0 aliphatic heterocycles. The molecular formula is C35H32N4O7S2. The lowest BCUT2D eigenvalue weighted by Crippen LogP contribution is -2.30. The Kier molecular flexibility index (Phi) is 11.2. The number of hydrogen-bond donors (Lipinski definition) is 3. The Morgan fingerprint density at radius 1 is 0.812 bits per heavy atom. The number of amides is 3. The summed E-state index contributed by atoms with van der Waals surface area (Å²) in [5.74, 6) is 0.852. The smallest absolute Gasteiger partial charge is 0.272 e. The van der Waals surface area contributed by atoms with E-state index in [1.807, 2.05) is 18.2 Å². The summed E-state index contributed by atoms with van der Waals surface area (Å²) in [6.45, 7) is 0. The number of carbonyl (C=O) groups excluding carboxylic acids is 3. The van der Waals surface area contributed by atoms with Crippen LogP contribution in [0.3, 0.4) is 0 Å². The molecule has 0 saturated carbocycles. The zero-order valence-corrected chi connectivity index (χ0v) is 28.1. The largest absolute Gasteiger partial charge is 0.497 e. The normalized spacial score (nSPS) is 11.0. The predicted octanol–water partition coefficient (Wildman–Crippen LogP) is 6.47. The van der Waals surface area contributed by atoms with Gasteiger partial charge in [0.1, 0.15) is 11.4 Å². The number of methoxy groups -OCH3 is 4. The van der Waals surface area contributed by atoms with Crippen molar-refractivity contribution in [3.05, 3.63) is 102 Å². The van der Waals surface area contributed by atoms with Gasteiger partial charge in [-0.2, -0.15) is 0 Å². The lowest BCUT2D eigenvalue weighted by Gasteiger charge is -2.15. The van der Waals surface area contributed by atoms with Crippen molar-refractivity contribution in [2.45, 2.75) is 4.90 Å². The van der Waals surface area contributed by atoms with E-state index in [1.54, 1.807) is 73.8 Å². The average Bonchev–Trinajstić information content (AvgIpc) is 3.52. The number of hydrogen-bond acceptors (Lipinski definition) is 10. The lowest BCUT2D eigenvalue weighted by molar-refractivity contribution is -0.114. The highest BCUT2D eigenvalue weighted by Gasteiger charge is 2.18. The maximum atomic E-state index is 13.5. The van der Waals surface area contributed by atoms with Gasteiger partial charge in [0.15, 0.2) is 16.6 Å². The second kappa shape index (κ2) is 15.8. The van der Waals surface area contributed by atoms with Crippen molar-refractivity contribution in [3.8, 4) is 23.0 Å². The van der Waals surface area contributed by atoms with Gasteiger partial charge in [-0.25, -0.2) is 4.98 Å². The van der Waals surface area contributed by atoms with Crippen LogP contribution in [0.15, 0.2) is 95.5 Å². The number of nitrogens with zero attached hydrogens (tertiary/aromatic N) is 1. The lowest BCUT2D eigenvalue weighted by atomic mass is 10.1. The molecule has 1 heterocycles. The third-order valence-corrected chi connectivity index (χ3v) is 8.80. The summed E-state index contributed by atoms with van der Waals surface area (Å²) in [6, 6.07) is 24.5. The fourth-order valence-electron chi connectivity index (χ4n) is 4.52. The molecular weight excluding hydrogens is 653 g/mol. The molecule has 5 aromatic rings. The molecule has 3 N–H and O–H groups in total. The number of aromatic nitrogens is 1. The molecule has 4 aromatic carbocycles. The van der Waals surface area contributed by atoms with Crippen molar-refractivity contribution in [1.29, 1.82) is 0 Å². The van der Waals surface area contributed by atoms with Crippen molar-refractivity contribution in [2.75, 3.05) is 44.8 Å². The number of carbonyl (C=O) groups is 3. The third kappa shape index (κ3) is 8.43. The SMILES string of the molecule is COc1ccc2nc(NC(=O)CSc3ccc(NC(=O)/C(=C/c4cc(OC)c(OC)c(OC)c4)NC(=O)c4ccccc4)cc3)sc2c1. The van der Waals surface area contributed by atoms with Crippen LogP contribution in [0.1, 0.15) is 15.9 Å². The first kappa shape index (κ1) is 33.8. The molecule has 246 valence electrons. The first-order valence-electron chi connectivity index (χ1n) is 14.5. The number of benzene rings is 4. The van der Waals surface area contributed by atoms with E-state index in [2.05, 4.69) is 20.9 Å². The number of nitrogens with one attached hydrogen (secondary N) is 3. The second-order valence-corrected chi connectivity index (χ2v) is 12.1. The van der Waals surface area contributed by atoms with Gasteiger partial charge in [-0.05, 0) is 78.4 Å². The minimum atomic E-state index is -0.554. The van der Waals surface area contributed by atoms with Crippen LogP contribution in [0.25, 0.3) is 16.3 Å². The zero-order valence-electron chi connectivity index (χ0n) is 26.5. The van der Waals surface area contributed by atoms with E-state index >= 15 is 0 Å². The van der Waals surface area contributed by atoms with E-state index in [4.69, 9.17) is 18.9 Å². The Morgan fingerprint density at radius 2 is 1.52 bits per heavy atom. The second-order valence-electron chi connectivity index (χ2n) is 10.0. The van der Waals surface area contributed by atoms with E-state index in [0.717, 1.165) is 20.9 Å². The molecule has 0 radical (unpaired) electrons. The van der Waals surface area contributed by atoms with E-state index in [0.29, 0.717) is 39.2 Å². The fraction of sp³-hybridized carbons (Fsp3) is 0.143. The summed E-state index contributed by atoms with van der Waals surface area (Å²) < 4.78 is 22.5. The Balaban J connectivity index is 1.27. The summed E-state index contributed by atoms with van der Waals surface area (Å²) in [7, 11) is 6.08. The maximum absolute atomic E-state index is 13.5. The van der Waals surface area contributed by atoms with Crippen molar-refractivity contribution >= 4 is 67.9 Å². The number of thioether (sulfide) groups is 1. The molecule has 13 heteroatoms. The minimum Gasteiger partial charge on any atom is -0.497 e. The van der Waals surface area contributed by atoms with Crippen LogP contribution >= 0.6 is 23.1 Å². The first-order chi connectivity index (χ1) is 23.3. The Hall–Kier alpha value is -5.53. The zero-order chi connectivity index (χ0) is 34.0. The molecule has 5 rings (SSSR count). The molecule has 1 aromatic heterocycles. The van der Waals surface area contributed by atoms with Crippen LogP contribution in [0, 0.1) is 0 Å². The van der Waals surface area contributed by atoms with Crippen LogP contribution < -0.4 is 34.9 Å². The molecule has 0 saturated heterocycles. The Morgan fingerprint density at radius 3 is 2.17 bits per heavy atom. The van der Waals surface area contributed by atoms with Gasteiger partial charge in [-0.1, -0.05) is 29.5 Å². The first-order valence-corrected chi connectivity index (χ1v) is 16.3. The molecule has 0 aliphatic rings. The van der Waals surface area contributed by atoms with Crippen molar-refractivity contribution in [2.24, 2.45) is 0 Å². The number of rotatable bonds is 13. The topological polar surface area (TPSA) is 137 Å². The molecule has 11 nitrogen and oxygen atoms in total. The summed E-state index contributed by atoms with van der Waals surface area (Å²) in [6.07, 6.45) is 1.52. The van der Waals surface area contributed by atoms with E-state index in [1.165, 1.54) is 50.5 Å². The van der Waals surface area contributed by atoms with Gasteiger partial charge in [-0.3, -0.25) is 14.4 Å². The molecule has 0 fully saturated rings. The Bertz CT molecular complexity index is 1940. The van der Waals surface area contributed by atoms with Crippen molar-refractivity contribution in [3.63, 3.8) is 0 Å². The standard InChI is InChI=1S/C35H32N4O7S2/c1-43-24-12-15-26-30(19-24)48-35(38-26)39-31(40)20-47-25-13-10-23(11-14-25)36-34(42)27(37-33(41)22-8-6-5-7-9-22)16-21-17-28(44-2)32(46-4)29(18-21)45-3/h5-19H,20H2,1-4H3,(H,36,42)(H,37,41)(H,38,39,40)/b27-16-. The summed E-state index contributed by atoms with van der Waals surface area (Å²) in [5, 5.41) is 8.91. The maximum Gasteiger partial charge on any atom is 0.272 e. The van der Waals surface area contributed by atoms with Gasteiger partial charge < -0.3 is 34.9 Å². The average molecular weight is 685 g/mol. The van der Waals surface area contributed by atoms with Crippen molar-refractivity contribution < 1.29 is 33.3 Å². The number of ether oxygens (including phenoxy) is 4. The van der Waals surface area contributed by atoms with Crippen LogP contribution in [-0.2, 0) is 9.59 Å². The van der Waals surface area contributed by atoms with Gasteiger partial charge >= 0.3 is 0 Å². The van der Waals surface area contributed by atoms with Gasteiger partial charge in [0.25, 0.3) is 11.8 Å². The van der Waals surface area contributed by atoms with Gasteiger partial charge in [0, 0.05) is 16.1 Å². The van der Waals surface area contributed by atoms with Crippen LogP contribution in [0.2, 0.25) is 0 Å².